The Morgan fingerprint density at radius 2 is 1.83 bits per heavy atom. The van der Waals surface area contributed by atoms with Gasteiger partial charge in [0.15, 0.2) is 0 Å². The highest BCUT2D eigenvalue weighted by molar-refractivity contribution is 5.24. The van der Waals surface area contributed by atoms with Gasteiger partial charge in [-0.15, -0.1) is 0 Å². The van der Waals surface area contributed by atoms with Crippen LogP contribution in [0.2, 0.25) is 0 Å². The first-order chi connectivity index (χ1) is 8.80. The van der Waals surface area contributed by atoms with Crippen molar-refractivity contribution in [2.24, 2.45) is 5.41 Å². The minimum absolute atomic E-state index is 0.555. The summed E-state index contributed by atoms with van der Waals surface area (Å²) in [7, 11) is 2.26. The molecule has 2 saturated heterocycles. The molecule has 0 amide bonds. The van der Waals surface area contributed by atoms with Gasteiger partial charge in [-0.3, -0.25) is 0 Å². The van der Waals surface area contributed by atoms with Gasteiger partial charge in [0.25, 0.3) is 0 Å². The molecule has 1 N–H and O–H groups in total. The smallest absolute Gasteiger partial charge is 0.00255 e. The van der Waals surface area contributed by atoms with Crippen LogP contribution >= 0.6 is 0 Å². The van der Waals surface area contributed by atoms with Crippen LogP contribution in [0.5, 0.6) is 0 Å². The van der Waals surface area contributed by atoms with Gasteiger partial charge in [-0.2, -0.15) is 0 Å². The van der Waals surface area contributed by atoms with E-state index in [1.165, 1.54) is 44.5 Å². The van der Waals surface area contributed by atoms with Crippen molar-refractivity contribution in [3.63, 3.8) is 0 Å². The first-order valence-electron chi connectivity index (χ1n) is 7.24. The zero-order valence-electron chi connectivity index (χ0n) is 11.4. The van der Waals surface area contributed by atoms with E-state index < -0.39 is 0 Å². The van der Waals surface area contributed by atoms with E-state index in [-0.39, 0.29) is 0 Å². The fourth-order valence-corrected chi connectivity index (χ4v) is 3.79. The molecule has 2 nitrogen and oxygen atoms in total. The average molecular weight is 244 g/mol. The topological polar surface area (TPSA) is 15.3 Å². The molecule has 0 radical (unpaired) electrons. The van der Waals surface area contributed by atoms with E-state index in [9.17, 15) is 0 Å². The molecular weight excluding hydrogens is 220 g/mol. The average Bonchev–Trinajstić information content (AvgIpc) is 2.44. The van der Waals surface area contributed by atoms with Crippen LogP contribution in [0.1, 0.15) is 30.7 Å². The maximum absolute atomic E-state index is 3.60. The Hall–Kier alpha value is -0.860. The largest absolute Gasteiger partial charge is 0.316 e. The van der Waals surface area contributed by atoms with Crippen LogP contribution in [0.25, 0.3) is 0 Å². The third kappa shape index (κ3) is 2.19. The quantitative estimate of drug-likeness (QED) is 0.816. The van der Waals surface area contributed by atoms with Crippen molar-refractivity contribution in [2.45, 2.75) is 25.2 Å². The van der Waals surface area contributed by atoms with Crippen molar-refractivity contribution < 1.29 is 0 Å². The van der Waals surface area contributed by atoms with Crippen LogP contribution in [0.15, 0.2) is 30.3 Å². The molecule has 0 bridgehead atoms. The zero-order chi connectivity index (χ0) is 12.4. The lowest BCUT2D eigenvalue weighted by molar-refractivity contribution is 0.0651. The predicted octanol–water partition coefficient (Wildman–Crippen LogP) is 2.48. The number of hydrogen-bond donors (Lipinski definition) is 1. The second-order valence-corrected chi connectivity index (χ2v) is 6.08. The van der Waals surface area contributed by atoms with E-state index in [0.29, 0.717) is 11.3 Å². The van der Waals surface area contributed by atoms with Crippen LogP contribution in [-0.2, 0) is 0 Å². The third-order valence-electron chi connectivity index (χ3n) is 5.07. The molecule has 1 aromatic carbocycles. The van der Waals surface area contributed by atoms with Crippen LogP contribution in [0.4, 0.5) is 0 Å². The summed E-state index contributed by atoms with van der Waals surface area (Å²) in [6.45, 7) is 4.90. The molecule has 0 aliphatic carbocycles. The molecule has 1 atom stereocenters. The Balaban J connectivity index is 1.86. The molecule has 2 aliphatic rings. The standard InChI is InChI=1S/C16H24N2/c1-18-11-8-16(9-12-18)7-10-17-13-15(16)14-5-3-2-4-6-14/h2-6,15,17H,7-13H2,1H3. The second-order valence-electron chi connectivity index (χ2n) is 6.08. The van der Waals surface area contributed by atoms with E-state index in [2.05, 4.69) is 47.6 Å². The summed E-state index contributed by atoms with van der Waals surface area (Å²) >= 11 is 0. The number of nitrogens with one attached hydrogen (secondary N) is 1. The van der Waals surface area contributed by atoms with E-state index >= 15 is 0 Å². The molecule has 3 rings (SSSR count). The monoisotopic (exact) mass is 244 g/mol. The second kappa shape index (κ2) is 5.02. The number of benzene rings is 1. The first kappa shape index (κ1) is 12.2. The van der Waals surface area contributed by atoms with E-state index in [1.807, 2.05) is 0 Å². The minimum Gasteiger partial charge on any atom is -0.316 e. The Labute approximate surface area is 110 Å². The number of hydrogen-bond acceptors (Lipinski definition) is 2. The molecule has 1 spiro atoms. The number of rotatable bonds is 1. The third-order valence-corrected chi connectivity index (χ3v) is 5.07. The number of piperidine rings is 2. The molecule has 1 unspecified atom stereocenters. The van der Waals surface area contributed by atoms with Gasteiger partial charge in [0.05, 0.1) is 0 Å². The van der Waals surface area contributed by atoms with Crippen molar-refractivity contribution >= 4 is 0 Å². The highest BCUT2D eigenvalue weighted by Gasteiger charge is 2.42. The fourth-order valence-electron chi connectivity index (χ4n) is 3.79. The maximum Gasteiger partial charge on any atom is 0.00255 e. The summed E-state index contributed by atoms with van der Waals surface area (Å²) in [6.07, 6.45) is 4.08. The van der Waals surface area contributed by atoms with Gasteiger partial charge in [0.1, 0.15) is 0 Å². The SMILES string of the molecule is CN1CCC2(CCNCC2c2ccccc2)CC1. The fraction of sp³-hybridized carbons (Fsp3) is 0.625. The van der Waals surface area contributed by atoms with Crippen LogP contribution in [0.3, 0.4) is 0 Å². The van der Waals surface area contributed by atoms with Crippen molar-refractivity contribution in [2.75, 3.05) is 33.2 Å². The van der Waals surface area contributed by atoms with Crippen LogP contribution in [-0.4, -0.2) is 38.1 Å². The molecular formula is C16H24N2. The molecule has 18 heavy (non-hydrogen) atoms. The lowest BCUT2D eigenvalue weighted by Crippen LogP contribution is -2.49. The Kier molecular flexibility index (Phi) is 3.40. The van der Waals surface area contributed by atoms with E-state index in [4.69, 9.17) is 0 Å². The molecule has 2 aliphatic heterocycles. The van der Waals surface area contributed by atoms with Gasteiger partial charge < -0.3 is 10.2 Å². The van der Waals surface area contributed by atoms with Gasteiger partial charge in [0.2, 0.25) is 0 Å². The molecule has 0 saturated carbocycles. The molecule has 98 valence electrons. The van der Waals surface area contributed by atoms with Crippen LogP contribution < -0.4 is 5.32 Å². The number of likely N-dealkylation sites (tertiary alicyclic amines) is 1. The zero-order valence-corrected chi connectivity index (χ0v) is 11.4. The molecule has 2 fully saturated rings. The maximum atomic E-state index is 3.60. The van der Waals surface area contributed by atoms with Crippen molar-refractivity contribution in [3.05, 3.63) is 35.9 Å². The van der Waals surface area contributed by atoms with Gasteiger partial charge in [0, 0.05) is 12.5 Å². The normalized spacial score (nSPS) is 28.4. The summed E-state index contributed by atoms with van der Waals surface area (Å²) in [4.78, 5) is 2.48. The highest BCUT2D eigenvalue weighted by Crippen LogP contribution is 2.48. The highest BCUT2D eigenvalue weighted by atomic mass is 15.1. The molecule has 2 heteroatoms. The summed E-state index contributed by atoms with van der Waals surface area (Å²) < 4.78 is 0. The molecule has 1 aromatic rings. The summed E-state index contributed by atoms with van der Waals surface area (Å²) in [5.74, 6) is 0.709. The van der Waals surface area contributed by atoms with Crippen LogP contribution in [0, 0.1) is 5.41 Å². The first-order valence-corrected chi connectivity index (χ1v) is 7.24. The lowest BCUT2D eigenvalue weighted by Gasteiger charge is -2.49. The Morgan fingerprint density at radius 3 is 2.56 bits per heavy atom. The van der Waals surface area contributed by atoms with Gasteiger partial charge in [-0.05, 0) is 56.9 Å². The van der Waals surface area contributed by atoms with Gasteiger partial charge in [-0.1, -0.05) is 30.3 Å². The molecule has 0 aromatic heterocycles. The van der Waals surface area contributed by atoms with E-state index in [0.717, 1.165) is 6.54 Å². The van der Waals surface area contributed by atoms with E-state index in [1.54, 1.807) is 0 Å². The number of nitrogens with zero attached hydrogens (tertiary/aromatic N) is 1. The van der Waals surface area contributed by atoms with Gasteiger partial charge in [-0.25, -0.2) is 0 Å². The van der Waals surface area contributed by atoms with Crippen molar-refractivity contribution in [3.8, 4) is 0 Å². The lowest BCUT2D eigenvalue weighted by atomic mass is 9.63. The minimum atomic E-state index is 0.555. The van der Waals surface area contributed by atoms with Crippen molar-refractivity contribution in [1.29, 1.82) is 0 Å². The van der Waals surface area contributed by atoms with Crippen molar-refractivity contribution in [1.82, 2.24) is 10.2 Å². The summed E-state index contributed by atoms with van der Waals surface area (Å²) in [5.41, 5.74) is 2.09. The predicted molar refractivity (Wildman–Crippen MR) is 75.8 cm³/mol. The summed E-state index contributed by atoms with van der Waals surface area (Å²) in [5, 5.41) is 3.60. The Bertz CT molecular complexity index is 379. The van der Waals surface area contributed by atoms with Gasteiger partial charge >= 0.3 is 0 Å². The summed E-state index contributed by atoms with van der Waals surface area (Å²) in [6, 6.07) is 11.1. The molecule has 2 heterocycles. The Morgan fingerprint density at radius 1 is 1.11 bits per heavy atom.